The van der Waals surface area contributed by atoms with Crippen LogP contribution in [0.3, 0.4) is 0 Å². The molecule has 1 aromatic rings. The van der Waals surface area contributed by atoms with Crippen LogP contribution in [0.1, 0.15) is 31.2 Å². The van der Waals surface area contributed by atoms with E-state index < -0.39 is 0 Å². The molecule has 2 aliphatic rings. The normalized spacial score (nSPS) is 26.5. The van der Waals surface area contributed by atoms with Crippen LogP contribution in [0.2, 0.25) is 0 Å². The summed E-state index contributed by atoms with van der Waals surface area (Å²) in [6, 6.07) is 1.09. The van der Waals surface area contributed by atoms with Gasteiger partial charge in [-0.1, -0.05) is 12.8 Å². The van der Waals surface area contributed by atoms with Crippen molar-refractivity contribution in [2.75, 3.05) is 5.32 Å². The summed E-state index contributed by atoms with van der Waals surface area (Å²) in [7, 11) is 0. The van der Waals surface area contributed by atoms with Gasteiger partial charge in [-0.2, -0.15) is 0 Å². The Kier molecular flexibility index (Phi) is 3.94. The molecule has 0 bridgehead atoms. The number of fused-ring (bicyclic) bond motifs is 1. The third-order valence-corrected chi connectivity index (χ3v) is 4.32. The van der Waals surface area contributed by atoms with Crippen molar-refractivity contribution in [1.29, 1.82) is 0 Å². The Balaban J connectivity index is 0.00000108. The standard InChI is InChI=1S/C12H17N3S.ClH/c1-8-6-16-7-11(8)15-12-13-9-4-2-3-5-10(9)14-12;/h6-7,9-10H,2-5H2,1H3,(H2,13,14,15);1H/t9-,10?;/m1./s1. The minimum atomic E-state index is 0. The van der Waals surface area contributed by atoms with E-state index in [1.54, 1.807) is 11.3 Å². The van der Waals surface area contributed by atoms with E-state index in [0.29, 0.717) is 12.1 Å². The molecule has 2 N–H and O–H groups in total. The number of anilines is 1. The molecule has 0 spiro atoms. The number of aryl methyl sites for hydroxylation is 1. The summed E-state index contributed by atoms with van der Waals surface area (Å²) >= 11 is 1.73. The molecule has 1 saturated carbocycles. The molecule has 2 heterocycles. The Morgan fingerprint density at radius 1 is 1.35 bits per heavy atom. The van der Waals surface area contributed by atoms with Crippen LogP contribution in [0.5, 0.6) is 0 Å². The number of nitrogens with one attached hydrogen (secondary N) is 2. The zero-order valence-electron chi connectivity index (χ0n) is 9.90. The second kappa shape index (κ2) is 5.27. The Morgan fingerprint density at radius 3 is 2.88 bits per heavy atom. The molecule has 3 rings (SSSR count). The lowest BCUT2D eigenvalue weighted by atomic mass is 9.92. The highest BCUT2D eigenvalue weighted by Gasteiger charge is 2.30. The molecule has 1 fully saturated rings. The monoisotopic (exact) mass is 271 g/mol. The van der Waals surface area contributed by atoms with Gasteiger partial charge in [0.2, 0.25) is 0 Å². The van der Waals surface area contributed by atoms with Gasteiger partial charge in [-0.05, 0) is 30.7 Å². The lowest BCUT2D eigenvalue weighted by Crippen LogP contribution is -2.38. The van der Waals surface area contributed by atoms with Crippen molar-refractivity contribution in [3.63, 3.8) is 0 Å². The van der Waals surface area contributed by atoms with Crippen LogP contribution in [0.25, 0.3) is 0 Å². The molecular formula is C12H18ClN3S. The van der Waals surface area contributed by atoms with Crippen molar-refractivity contribution in [3.8, 4) is 0 Å². The number of aliphatic imine (C=N–C) groups is 1. The first-order valence-electron chi connectivity index (χ1n) is 5.97. The van der Waals surface area contributed by atoms with Gasteiger partial charge in [-0.3, -0.25) is 0 Å². The summed E-state index contributed by atoms with van der Waals surface area (Å²) in [6.45, 7) is 2.13. The number of nitrogens with zero attached hydrogens (tertiary/aromatic N) is 1. The molecule has 3 nitrogen and oxygen atoms in total. The predicted molar refractivity (Wildman–Crippen MR) is 76.5 cm³/mol. The number of hydrogen-bond donors (Lipinski definition) is 2. The maximum absolute atomic E-state index is 4.73. The maximum atomic E-state index is 4.73. The van der Waals surface area contributed by atoms with Crippen molar-refractivity contribution in [2.45, 2.75) is 44.7 Å². The molecule has 1 unspecified atom stereocenters. The zero-order valence-corrected chi connectivity index (χ0v) is 11.5. The Hall–Kier alpha value is -0.740. The van der Waals surface area contributed by atoms with E-state index in [9.17, 15) is 0 Å². The summed E-state index contributed by atoms with van der Waals surface area (Å²) in [5, 5.41) is 11.2. The fourth-order valence-corrected chi connectivity index (χ4v) is 3.28. The van der Waals surface area contributed by atoms with Gasteiger partial charge >= 0.3 is 0 Å². The quantitative estimate of drug-likeness (QED) is 0.823. The van der Waals surface area contributed by atoms with Crippen molar-refractivity contribution >= 4 is 35.4 Å². The molecule has 5 heteroatoms. The summed E-state index contributed by atoms with van der Waals surface area (Å²) in [4.78, 5) is 4.73. The van der Waals surface area contributed by atoms with Gasteiger partial charge in [0.25, 0.3) is 0 Å². The molecule has 94 valence electrons. The van der Waals surface area contributed by atoms with Gasteiger partial charge in [0, 0.05) is 5.38 Å². The van der Waals surface area contributed by atoms with Crippen molar-refractivity contribution in [1.82, 2.24) is 5.32 Å². The SMILES string of the molecule is Cc1cscc1NC1=N[C@@H]2CCCCC2N1.Cl. The largest absolute Gasteiger partial charge is 0.351 e. The first-order chi connectivity index (χ1) is 7.83. The third-order valence-electron chi connectivity index (χ3n) is 3.46. The Labute approximate surface area is 112 Å². The third kappa shape index (κ3) is 2.58. The van der Waals surface area contributed by atoms with Gasteiger partial charge in [-0.15, -0.1) is 23.7 Å². The van der Waals surface area contributed by atoms with Crippen LogP contribution in [0.15, 0.2) is 15.8 Å². The molecule has 2 atom stereocenters. The number of hydrogen-bond acceptors (Lipinski definition) is 4. The average Bonchev–Trinajstić information content (AvgIpc) is 2.85. The van der Waals surface area contributed by atoms with Crippen molar-refractivity contribution < 1.29 is 0 Å². The van der Waals surface area contributed by atoms with Crippen LogP contribution < -0.4 is 10.6 Å². The number of rotatable bonds is 1. The van der Waals surface area contributed by atoms with Gasteiger partial charge in [0.15, 0.2) is 5.96 Å². The van der Waals surface area contributed by atoms with Crippen LogP contribution >= 0.6 is 23.7 Å². The van der Waals surface area contributed by atoms with E-state index in [-0.39, 0.29) is 12.4 Å². The Morgan fingerprint density at radius 2 is 2.18 bits per heavy atom. The molecule has 1 aromatic heterocycles. The molecule has 0 amide bonds. The summed E-state index contributed by atoms with van der Waals surface area (Å²) in [6.07, 6.45) is 5.18. The smallest absolute Gasteiger partial charge is 0.196 e. The zero-order chi connectivity index (χ0) is 11.0. The van der Waals surface area contributed by atoms with Gasteiger partial charge in [0.1, 0.15) is 0 Å². The second-order valence-corrected chi connectivity index (χ2v) is 5.42. The van der Waals surface area contributed by atoms with Gasteiger partial charge in [-0.25, -0.2) is 4.99 Å². The molecule has 0 radical (unpaired) electrons. The summed E-state index contributed by atoms with van der Waals surface area (Å²) < 4.78 is 0. The maximum Gasteiger partial charge on any atom is 0.196 e. The van der Waals surface area contributed by atoms with Crippen molar-refractivity contribution in [3.05, 3.63) is 16.3 Å². The number of halogens is 1. The van der Waals surface area contributed by atoms with E-state index >= 15 is 0 Å². The topological polar surface area (TPSA) is 36.4 Å². The minimum absolute atomic E-state index is 0. The molecular weight excluding hydrogens is 254 g/mol. The van der Waals surface area contributed by atoms with E-state index in [1.807, 2.05) is 0 Å². The first kappa shape index (κ1) is 12.7. The molecule has 0 aromatic carbocycles. The average molecular weight is 272 g/mol. The Bertz CT molecular complexity index is 416. The lowest BCUT2D eigenvalue weighted by Gasteiger charge is -2.23. The van der Waals surface area contributed by atoms with Crippen LogP contribution in [-0.4, -0.2) is 18.0 Å². The molecule has 1 aliphatic carbocycles. The van der Waals surface area contributed by atoms with Crippen LogP contribution in [-0.2, 0) is 0 Å². The highest BCUT2D eigenvalue weighted by molar-refractivity contribution is 7.08. The van der Waals surface area contributed by atoms with Gasteiger partial charge in [0.05, 0.1) is 17.8 Å². The van der Waals surface area contributed by atoms with E-state index in [0.717, 1.165) is 5.96 Å². The summed E-state index contributed by atoms with van der Waals surface area (Å²) in [5.41, 5.74) is 2.49. The van der Waals surface area contributed by atoms with Crippen LogP contribution in [0, 0.1) is 6.92 Å². The fourth-order valence-electron chi connectivity index (χ4n) is 2.50. The second-order valence-electron chi connectivity index (χ2n) is 4.67. The predicted octanol–water partition coefficient (Wildman–Crippen LogP) is 3.16. The lowest BCUT2D eigenvalue weighted by molar-refractivity contribution is 0.384. The molecule has 0 saturated heterocycles. The van der Waals surface area contributed by atoms with Gasteiger partial charge < -0.3 is 10.6 Å². The highest BCUT2D eigenvalue weighted by atomic mass is 35.5. The molecule has 1 aliphatic heterocycles. The van der Waals surface area contributed by atoms with Crippen molar-refractivity contribution in [2.24, 2.45) is 4.99 Å². The number of thiophene rings is 1. The number of guanidine groups is 1. The highest BCUT2D eigenvalue weighted by Crippen LogP contribution is 2.26. The minimum Gasteiger partial charge on any atom is -0.351 e. The van der Waals surface area contributed by atoms with E-state index in [4.69, 9.17) is 4.99 Å². The van der Waals surface area contributed by atoms with E-state index in [2.05, 4.69) is 28.3 Å². The van der Waals surface area contributed by atoms with Crippen LogP contribution in [0.4, 0.5) is 5.69 Å². The molecule has 17 heavy (non-hydrogen) atoms. The van der Waals surface area contributed by atoms with E-state index in [1.165, 1.54) is 36.9 Å². The fraction of sp³-hybridized carbons (Fsp3) is 0.583. The summed E-state index contributed by atoms with van der Waals surface area (Å²) in [5.74, 6) is 0.971. The first-order valence-corrected chi connectivity index (χ1v) is 6.91.